The molecule has 10 heteroatoms. The van der Waals surface area contributed by atoms with E-state index in [1.54, 1.807) is 35.6 Å². The molecule has 0 spiro atoms. The molecule has 2 aromatic carbocycles. The Labute approximate surface area is 206 Å². The number of nitrogens with zero attached hydrogens (tertiary/aromatic N) is 2. The van der Waals surface area contributed by atoms with E-state index in [2.05, 4.69) is 15.3 Å². The summed E-state index contributed by atoms with van der Waals surface area (Å²) in [7, 11) is 0. The first-order chi connectivity index (χ1) is 16.3. The van der Waals surface area contributed by atoms with Crippen LogP contribution in [0.3, 0.4) is 0 Å². The second-order valence-corrected chi connectivity index (χ2v) is 10.4. The Morgan fingerprint density at radius 2 is 1.91 bits per heavy atom. The number of fused-ring (bicyclic) bond motifs is 3. The molecule has 4 aromatic rings. The van der Waals surface area contributed by atoms with Crippen LogP contribution in [0.4, 0.5) is 18.9 Å². The van der Waals surface area contributed by atoms with E-state index in [1.807, 2.05) is 6.07 Å². The second-order valence-electron chi connectivity index (χ2n) is 7.80. The molecule has 0 bridgehead atoms. The number of hydrogen-bond donors (Lipinski definition) is 1. The molecular formula is C24H17ClF3N3OS2. The van der Waals surface area contributed by atoms with Crippen molar-refractivity contribution < 1.29 is 18.0 Å². The number of carbonyl (C=O) groups is 1. The van der Waals surface area contributed by atoms with Crippen LogP contribution in [0.15, 0.2) is 59.9 Å². The maximum atomic E-state index is 13.6. The zero-order chi connectivity index (χ0) is 23.9. The van der Waals surface area contributed by atoms with E-state index in [4.69, 9.17) is 11.6 Å². The zero-order valence-corrected chi connectivity index (χ0v) is 19.9. The van der Waals surface area contributed by atoms with E-state index < -0.39 is 22.9 Å². The minimum Gasteiger partial charge on any atom is -0.324 e. The van der Waals surface area contributed by atoms with Gasteiger partial charge in [-0.15, -0.1) is 11.3 Å². The summed E-state index contributed by atoms with van der Waals surface area (Å²) in [6.45, 7) is 0. The lowest BCUT2D eigenvalue weighted by Gasteiger charge is -2.19. The summed E-state index contributed by atoms with van der Waals surface area (Å²) in [5.41, 5.74) is 0.538. The molecule has 1 N–H and O–H groups in total. The summed E-state index contributed by atoms with van der Waals surface area (Å²) in [5.74, 6) is -0.581. The van der Waals surface area contributed by atoms with Crippen molar-refractivity contribution in [2.45, 2.75) is 35.7 Å². The molecule has 4 nitrogen and oxygen atoms in total. The average Bonchev–Trinajstić information content (AvgIpc) is 3.40. The number of hydrogen-bond acceptors (Lipinski definition) is 5. The summed E-state index contributed by atoms with van der Waals surface area (Å²) in [6.07, 6.45) is -0.205. The largest absolute Gasteiger partial charge is 0.418 e. The fourth-order valence-electron chi connectivity index (χ4n) is 4.06. The normalized spacial score (nSPS) is 14.2. The first-order valence-electron chi connectivity index (χ1n) is 10.5. The van der Waals surface area contributed by atoms with Crippen molar-refractivity contribution in [3.05, 3.63) is 81.4 Å². The van der Waals surface area contributed by atoms with Gasteiger partial charge >= 0.3 is 6.18 Å². The number of thiophene rings is 1. The van der Waals surface area contributed by atoms with Gasteiger partial charge in [-0.05, 0) is 48.6 Å². The molecule has 0 saturated carbocycles. The second kappa shape index (κ2) is 9.20. The van der Waals surface area contributed by atoms with Gasteiger partial charge in [0.25, 0.3) is 0 Å². The monoisotopic (exact) mass is 519 g/mol. The van der Waals surface area contributed by atoms with Crippen molar-refractivity contribution >= 4 is 56.5 Å². The number of aromatic nitrogens is 2. The molecule has 5 rings (SSSR count). The number of thioether (sulfide) groups is 1. The Morgan fingerprint density at radius 3 is 2.68 bits per heavy atom. The molecule has 2 heterocycles. The van der Waals surface area contributed by atoms with Crippen molar-refractivity contribution in [2.75, 3.05) is 5.32 Å². The van der Waals surface area contributed by atoms with Crippen LogP contribution in [-0.2, 0) is 23.8 Å². The van der Waals surface area contributed by atoms with Gasteiger partial charge in [-0.2, -0.15) is 13.2 Å². The van der Waals surface area contributed by atoms with E-state index in [9.17, 15) is 18.0 Å². The lowest BCUT2D eigenvalue weighted by molar-refractivity contribution is -0.137. The van der Waals surface area contributed by atoms with Gasteiger partial charge in [0.1, 0.15) is 21.4 Å². The first kappa shape index (κ1) is 23.1. The predicted octanol–water partition coefficient (Wildman–Crippen LogP) is 7.32. The summed E-state index contributed by atoms with van der Waals surface area (Å²) >= 11 is 8.65. The van der Waals surface area contributed by atoms with Crippen LogP contribution >= 0.6 is 34.7 Å². The number of alkyl halides is 3. The van der Waals surface area contributed by atoms with Crippen LogP contribution in [0.5, 0.6) is 0 Å². The van der Waals surface area contributed by atoms with Gasteiger partial charge in [0, 0.05) is 15.3 Å². The van der Waals surface area contributed by atoms with E-state index >= 15 is 0 Å². The molecule has 34 heavy (non-hydrogen) atoms. The highest BCUT2D eigenvalue weighted by Gasteiger charge is 2.35. The van der Waals surface area contributed by atoms with Crippen LogP contribution in [0, 0.1) is 0 Å². The van der Waals surface area contributed by atoms with E-state index in [0.29, 0.717) is 10.6 Å². The topological polar surface area (TPSA) is 54.9 Å². The van der Waals surface area contributed by atoms with Crippen molar-refractivity contribution in [1.82, 2.24) is 9.97 Å². The van der Waals surface area contributed by atoms with Crippen molar-refractivity contribution in [3.63, 3.8) is 0 Å². The zero-order valence-electron chi connectivity index (χ0n) is 17.5. The van der Waals surface area contributed by atoms with Gasteiger partial charge in [-0.25, -0.2) is 9.97 Å². The van der Waals surface area contributed by atoms with E-state index in [1.165, 1.54) is 40.7 Å². The number of carbonyl (C=O) groups excluding carboxylic acids is 1. The van der Waals surface area contributed by atoms with Gasteiger partial charge in [0.2, 0.25) is 5.91 Å². The highest BCUT2D eigenvalue weighted by atomic mass is 35.5. The molecule has 0 saturated heterocycles. The number of anilines is 1. The van der Waals surface area contributed by atoms with Crippen LogP contribution in [-0.4, -0.2) is 15.9 Å². The van der Waals surface area contributed by atoms with Crippen LogP contribution in [0.25, 0.3) is 10.2 Å². The lowest BCUT2D eigenvalue weighted by atomic mass is 10.1. The average molecular weight is 520 g/mol. The van der Waals surface area contributed by atoms with Gasteiger partial charge in [0.05, 0.1) is 11.3 Å². The van der Waals surface area contributed by atoms with Crippen LogP contribution in [0.1, 0.15) is 33.2 Å². The van der Waals surface area contributed by atoms with Crippen molar-refractivity contribution in [2.24, 2.45) is 0 Å². The van der Waals surface area contributed by atoms with Crippen molar-refractivity contribution in [3.8, 4) is 0 Å². The Balaban J connectivity index is 1.53. The minimum absolute atomic E-state index is 0.0611. The summed E-state index contributed by atoms with van der Waals surface area (Å²) in [5, 5.41) is 3.19. The molecule has 1 amide bonds. The van der Waals surface area contributed by atoms with E-state index in [-0.39, 0.29) is 10.7 Å². The standard InChI is InChI=1S/C24H17ClF3N3OS2/c25-14-9-10-17(16(11-14)24(26,27)28)31-21(32)20(13-5-2-1-3-6-13)34-23-19-15-7-4-8-18(15)33-22(19)29-12-30-23/h1-3,5-6,9-12,20H,4,7-8H2,(H,31,32)/t20-/m1/s1. The van der Waals surface area contributed by atoms with Crippen molar-refractivity contribution in [1.29, 1.82) is 0 Å². The first-order valence-corrected chi connectivity index (χ1v) is 12.5. The Kier molecular flexibility index (Phi) is 6.26. The fourth-order valence-corrected chi connectivity index (χ4v) is 6.65. The summed E-state index contributed by atoms with van der Waals surface area (Å²) < 4.78 is 40.8. The third kappa shape index (κ3) is 4.52. The third-order valence-corrected chi connectivity index (χ3v) is 8.27. The molecule has 1 aliphatic rings. The smallest absolute Gasteiger partial charge is 0.324 e. The van der Waals surface area contributed by atoms with Gasteiger partial charge in [-0.3, -0.25) is 4.79 Å². The fraction of sp³-hybridized carbons (Fsp3) is 0.208. The van der Waals surface area contributed by atoms with Gasteiger partial charge in [-0.1, -0.05) is 53.7 Å². The summed E-state index contributed by atoms with van der Waals surface area (Å²) in [6, 6.07) is 12.3. The maximum Gasteiger partial charge on any atom is 0.418 e. The molecule has 1 atom stereocenters. The SMILES string of the molecule is O=C(Nc1ccc(Cl)cc1C(F)(F)F)[C@H](Sc1ncnc2sc3c(c12)CCC3)c1ccccc1. The molecule has 0 radical (unpaired) electrons. The highest BCUT2D eigenvalue weighted by molar-refractivity contribution is 8.00. The highest BCUT2D eigenvalue weighted by Crippen LogP contribution is 2.44. The molecule has 0 unspecified atom stereocenters. The number of halogens is 4. The Hall–Kier alpha value is -2.62. The molecule has 2 aromatic heterocycles. The van der Waals surface area contributed by atoms with Crippen LogP contribution in [0.2, 0.25) is 5.02 Å². The third-order valence-electron chi connectivity index (χ3n) is 5.58. The Morgan fingerprint density at radius 1 is 1.12 bits per heavy atom. The number of aryl methyl sites for hydroxylation is 2. The number of amides is 1. The van der Waals surface area contributed by atoms with Gasteiger partial charge < -0.3 is 5.32 Å². The van der Waals surface area contributed by atoms with Gasteiger partial charge in [0.15, 0.2) is 0 Å². The Bertz CT molecular complexity index is 1380. The minimum atomic E-state index is -4.67. The molecule has 0 aliphatic heterocycles. The number of nitrogens with one attached hydrogen (secondary N) is 1. The quantitative estimate of drug-likeness (QED) is 0.221. The maximum absolute atomic E-state index is 13.6. The van der Waals surface area contributed by atoms with E-state index in [0.717, 1.165) is 35.5 Å². The number of rotatable bonds is 5. The lowest BCUT2D eigenvalue weighted by Crippen LogP contribution is -2.21. The summed E-state index contributed by atoms with van der Waals surface area (Å²) in [4.78, 5) is 24.4. The molecule has 0 fully saturated rings. The predicted molar refractivity (Wildman–Crippen MR) is 130 cm³/mol. The molecule has 1 aliphatic carbocycles. The molecular weight excluding hydrogens is 503 g/mol. The molecule has 174 valence electrons. The van der Waals surface area contributed by atoms with Crippen LogP contribution < -0.4 is 5.32 Å². The number of benzene rings is 2.